The van der Waals surface area contributed by atoms with Gasteiger partial charge in [0.2, 0.25) is 0 Å². The van der Waals surface area contributed by atoms with E-state index in [0.29, 0.717) is 15.8 Å². The molecule has 0 saturated heterocycles. The second kappa shape index (κ2) is 4.24. The summed E-state index contributed by atoms with van der Waals surface area (Å²) in [5.41, 5.74) is 0.561. The Morgan fingerprint density at radius 3 is 2.85 bits per heavy atom. The predicted molar refractivity (Wildman–Crippen MR) is 50.0 cm³/mol. The summed E-state index contributed by atoms with van der Waals surface area (Å²) in [4.78, 5) is 0. The summed E-state index contributed by atoms with van der Waals surface area (Å²) < 4.78 is 18.3. The fourth-order valence-corrected chi connectivity index (χ4v) is 1.31. The lowest BCUT2D eigenvalue weighted by Crippen LogP contribution is -1.93. The highest BCUT2D eigenvalue weighted by Gasteiger charge is 2.07. The standard InChI is InChI=1S/C9H7BrFNO/c1-13-9-5-7(10)8(11)4-6(9)2-3-12/h4-5H,2H2,1H3. The largest absolute Gasteiger partial charge is 0.496 e. The van der Waals surface area contributed by atoms with Crippen molar-refractivity contribution in [2.75, 3.05) is 7.11 Å². The van der Waals surface area contributed by atoms with Crippen LogP contribution in [0.1, 0.15) is 5.56 Å². The van der Waals surface area contributed by atoms with E-state index in [9.17, 15) is 4.39 Å². The van der Waals surface area contributed by atoms with Gasteiger partial charge in [-0.3, -0.25) is 0 Å². The third kappa shape index (κ3) is 2.19. The monoisotopic (exact) mass is 243 g/mol. The molecule has 0 spiro atoms. The molecule has 1 aromatic carbocycles. The first kappa shape index (κ1) is 10.0. The molecule has 0 fully saturated rings. The minimum atomic E-state index is -0.383. The number of methoxy groups -OCH3 is 1. The van der Waals surface area contributed by atoms with Gasteiger partial charge in [-0.15, -0.1) is 0 Å². The lowest BCUT2D eigenvalue weighted by atomic mass is 10.1. The first-order valence-corrected chi connectivity index (χ1v) is 4.37. The Hall–Kier alpha value is -1.08. The van der Waals surface area contributed by atoms with E-state index in [0.717, 1.165) is 0 Å². The van der Waals surface area contributed by atoms with Crippen molar-refractivity contribution in [1.82, 2.24) is 0 Å². The average molecular weight is 244 g/mol. The molecule has 1 aromatic rings. The van der Waals surface area contributed by atoms with Gasteiger partial charge in [0.05, 0.1) is 24.1 Å². The number of hydrogen-bond acceptors (Lipinski definition) is 2. The van der Waals surface area contributed by atoms with E-state index in [4.69, 9.17) is 10.00 Å². The molecule has 1 rings (SSSR count). The molecule has 2 nitrogen and oxygen atoms in total. The highest BCUT2D eigenvalue weighted by Crippen LogP contribution is 2.26. The minimum absolute atomic E-state index is 0.146. The van der Waals surface area contributed by atoms with Gasteiger partial charge in [-0.1, -0.05) is 0 Å². The number of nitrogens with zero attached hydrogens (tertiary/aromatic N) is 1. The first-order valence-electron chi connectivity index (χ1n) is 3.58. The molecule has 0 aliphatic heterocycles. The second-order valence-electron chi connectivity index (χ2n) is 2.41. The summed E-state index contributed by atoms with van der Waals surface area (Å²) in [5, 5.41) is 8.46. The molecule has 0 aliphatic carbocycles. The Morgan fingerprint density at radius 2 is 2.31 bits per heavy atom. The molecule has 0 N–H and O–H groups in total. The number of benzene rings is 1. The van der Waals surface area contributed by atoms with Crippen LogP contribution in [0.4, 0.5) is 4.39 Å². The summed E-state index contributed by atoms with van der Waals surface area (Å²) in [6.45, 7) is 0. The van der Waals surface area contributed by atoms with Gasteiger partial charge in [0.1, 0.15) is 11.6 Å². The zero-order chi connectivity index (χ0) is 9.84. The Morgan fingerprint density at radius 1 is 1.62 bits per heavy atom. The van der Waals surface area contributed by atoms with Gasteiger partial charge in [0, 0.05) is 5.56 Å². The fourth-order valence-electron chi connectivity index (χ4n) is 0.983. The van der Waals surface area contributed by atoms with Crippen LogP contribution in [0.3, 0.4) is 0 Å². The van der Waals surface area contributed by atoms with E-state index >= 15 is 0 Å². The number of rotatable bonds is 2. The van der Waals surface area contributed by atoms with Crippen molar-refractivity contribution in [3.63, 3.8) is 0 Å². The quantitative estimate of drug-likeness (QED) is 0.801. The molecule has 0 saturated carbocycles. The number of halogens is 2. The van der Waals surface area contributed by atoms with Crippen LogP contribution in [-0.4, -0.2) is 7.11 Å². The average Bonchev–Trinajstić information content (AvgIpc) is 2.11. The summed E-state index contributed by atoms with van der Waals surface area (Å²) in [6.07, 6.45) is 0.146. The maximum atomic E-state index is 13.0. The highest BCUT2D eigenvalue weighted by molar-refractivity contribution is 9.10. The molecule has 0 unspecified atom stereocenters. The Labute approximate surface area is 84.1 Å². The second-order valence-corrected chi connectivity index (χ2v) is 3.27. The summed E-state index contributed by atoms with van der Waals surface area (Å²) in [5.74, 6) is 0.140. The maximum Gasteiger partial charge on any atom is 0.137 e. The molecule has 13 heavy (non-hydrogen) atoms. The normalized spacial score (nSPS) is 9.38. The van der Waals surface area contributed by atoms with Crippen LogP contribution in [0.15, 0.2) is 16.6 Å². The maximum absolute atomic E-state index is 13.0. The summed E-state index contributed by atoms with van der Waals surface area (Å²) in [6, 6.07) is 4.76. The van der Waals surface area contributed by atoms with Gasteiger partial charge >= 0.3 is 0 Å². The van der Waals surface area contributed by atoms with Crippen LogP contribution >= 0.6 is 15.9 Å². The predicted octanol–water partition coefficient (Wildman–Crippen LogP) is 2.66. The van der Waals surface area contributed by atoms with E-state index in [2.05, 4.69) is 15.9 Å². The Kier molecular flexibility index (Phi) is 3.26. The number of ether oxygens (including phenoxy) is 1. The number of nitriles is 1. The molecule has 68 valence electrons. The highest BCUT2D eigenvalue weighted by atomic mass is 79.9. The van der Waals surface area contributed by atoms with Gasteiger partial charge in [-0.25, -0.2) is 4.39 Å². The fraction of sp³-hybridized carbons (Fsp3) is 0.222. The van der Waals surface area contributed by atoms with Gasteiger partial charge in [0.25, 0.3) is 0 Å². The van der Waals surface area contributed by atoms with Crippen molar-refractivity contribution >= 4 is 15.9 Å². The van der Waals surface area contributed by atoms with Gasteiger partial charge in [0.15, 0.2) is 0 Å². The van der Waals surface area contributed by atoms with Crippen molar-refractivity contribution in [1.29, 1.82) is 5.26 Å². The van der Waals surface area contributed by atoms with Crippen LogP contribution in [0.5, 0.6) is 5.75 Å². The third-order valence-electron chi connectivity index (χ3n) is 1.59. The Bertz CT molecular complexity index is 359. The molecule has 0 bridgehead atoms. The molecule has 0 amide bonds. The first-order chi connectivity index (χ1) is 6.19. The van der Waals surface area contributed by atoms with Gasteiger partial charge in [-0.05, 0) is 28.1 Å². The van der Waals surface area contributed by atoms with Gasteiger partial charge < -0.3 is 4.74 Å². The zero-order valence-electron chi connectivity index (χ0n) is 6.97. The molecule has 4 heteroatoms. The van der Waals surface area contributed by atoms with Crippen molar-refractivity contribution in [2.45, 2.75) is 6.42 Å². The van der Waals surface area contributed by atoms with Crippen LogP contribution in [0, 0.1) is 17.1 Å². The van der Waals surface area contributed by atoms with E-state index < -0.39 is 0 Å². The molecule has 0 heterocycles. The third-order valence-corrected chi connectivity index (χ3v) is 2.20. The smallest absolute Gasteiger partial charge is 0.137 e. The van der Waals surface area contributed by atoms with E-state index in [-0.39, 0.29) is 12.2 Å². The molecular weight excluding hydrogens is 237 g/mol. The van der Waals surface area contributed by atoms with E-state index in [1.807, 2.05) is 6.07 Å². The van der Waals surface area contributed by atoms with Crippen molar-refractivity contribution in [3.8, 4) is 11.8 Å². The van der Waals surface area contributed by atoms with Crippen LogP contribution in [0.25, 0.3) is 0 Å². The minimum Gasteiger partial charge on any atom is -0.496 e. The van der Waals surface area contributed by atoms with E-state index in [1.165, 1.54) is 19.2 Å². The molecule has 0 atom stereocenters. The molecular formula is C9H7BrFNO. The van der Waals surface area contributed by atoms with Crippen molar-refractivity contribution in [3.05, 3.63) is 28.0 Å². The molecule has 0 aliphatic rings. The topological polar surface area (TPSA) is 33.0 Å². The van der Waals surface area contributed by atoms with Crippen LogP contribution in [-0.2, 0) is 6.42 Å². The lowest BCUT2D eigenvalue weighted by Gasteiger charge is -2.06. The summed E-state index contributed by atoms with van der Waals surface area (Å²) in [7, 11) is 1.49. The van der Waals surface area contributed by atoms with Gasteiger partial charge in [-0.2, -0.15) is 5.26 Å². The van der Waals surface area contributed by atoms with E-state index in [1.54, 1.807) is 0 Å². The molecule has 0 aromatic heterocycles. The zero-order valence-corrected chi connectivity index (χ0v) is 8.56. The van der Waals surface area contributed by atoms with Crippen molar-refractivity contribution in [2.24, 2.45) is 0 Å². The van der Waals surface area contributed by atoms with Crippen LogP contribution < -0.4 is 4.74 Å². The summed E-state index contributed by atoms with van der Waals surface area (Å²) >= 11 is 3.03. The molecule has 0 radical (unpaired) electrons. The SMILES string of the molecule is COc1cc(Br)c(F)cc1CC#N. The Balaban J connectivity index is 3.18. The number of hydrogen-bond donors (Lipinski definition) is 0. The van der Waals surface area contributed by atoms with Crippen molar-refractivity contribution < 1.29 is 9.13 Å². The lowest BCUT2D eigenvalue weighted by molar-refractivity contribution is 0.409. The van der Waals surface area contributed by atoms with Crippen LogP contribution in [0.2, 0.25) is 0 Å².